The van der Waals surface area contributed by atoms with E-state index < -0.39 is 11.2 Å². The molecule has 3 aromatic rings. The predicted octanol–water partition coefficient (Wildman–Crippen LogP) is 0.363. The maximum absolute atomic E-state index is 12.6. The maximum atomic E-state index is 12.6. The maximum Gasteiger partial charge on any atom is 0.332 e. The summed E-state index contributed by atoms with van der Waals surface area (Å²) in [5.74, 6) is 1.48. The molecule has 12 heteroatoms. The highest BCUT2D eigenvalue weighted by molar-refractivity contribution is 9.10. The van der Waals surface area contributed by atoms with Gasteiger partial charge in [-0.1, -0.05) is 0 Å². The number of fused-ring (bicyclic) bond motifs is 2. The molecule has 2 N–H and O–H groups in total. The van der Waals surface area contributed by atoms with E-state index in [0.717, 1.165) is 14.6 Å². The molecule has 0 saturated carbocycles. The number of ether oxygens (including phenoxy) is 2. The number of halogens is 1. The number of imidazole rings is 1. The monoisotopic (exact) mass is 464 g/mol. The zero-order valence-corrected chi connectivity index (χ0v) is 17.1. The molecule has 0 fully saturated rings. The van der Waals surface area contributed by atoms with Gasteiger partial charge in [0, 0.05) is 30.7 Å². The fourth-order valence-corrected chi connectivity index (χ4v) is 3.47. The van der Waals surface area contributed by atoms with E-state index in [-0.39, 0.29) is 37.1 Å². The number of aliphatic hydroxyl groups excluding tert-OH is 1. The van der Waals surface area contributed by atoms with Crippen molar-refractivity contribution in [2.45, 2.75) is 6.54 Å². The van der Waals surface area contributed by atoms with Gasteiger partial charge in [-0.25, -0.2) is 10.2 Å². The predicted molar refractivity (Wildman–Crippen MR) is 109 cm³/mol. The number of hydrazone groups is 1. The number of aromatic nitrogens is 4. The van der Waals surface area contributed by atoms with Gasteiger partial charge in [-0.3, -0.25) is 13.9 Å². The number of hydrogen-bond donors (Lipinski definition) is 2. The Kier molecular flexibility index (Phi) is 4.88. The molecule has 0 unspecified atom stereocenters. The molecule has 11 nitrogen and oxygen atoms in total. The molecule has 29 heavy (non-hydrogen) atoms. The number of rotatable bonds is 5. The van der Waals surface area contributed by atoms with Crippen LogP contribution in [0.5, 0.6) is 11.5 Å². The van der Waals surface area contributed by atoms with Gasteiger partial charge in [-0.2, -0.15) is 10.1 Å². The summed E-state index contributed by atoms with van der Waals surface area (Å²) in [4.78, 5) is 29.1. The summed E-state index contributed by atoms with van der Waals surface area (Å²) < 4.78 is 15.2. The molecule has 4 rings (SSSR count). The second kappa shape index (κ2) is 7.37. The van der Waals surface area contributed by atoms with Crippen LogP contribution in [0.15, 0.2) is 31.3 Å². The molecule has 0 radical (unpaired) electrons. The van der Waals surface area contributed by atoms with Crippen molar-refractivity contribution in [3.05, 3.63) is 43.0 Å². The van der Waals surface area contributed by atoms with E-state index in [1.807, 2.05) is 0 Å². The number of aryl methyl sites for hydroxylation is 1. The van der Waals surface area contributed by atoms with Crippen LogP contribution in [0.1, 0.15) is 5.56 Å². The van der Waals surface area contributed by atoms with E-state index in [0.29, 0.717) is 11.5 Å². The summed E-state index contributed by atoms with van der Waals surface area (Å²) >= 11 is 3.45. The van der Waals surface area contributed by atoms with E-state index in [4.69, 9.17) is 9.47 Å². The van der Waals surface area contributed by atoms with Crippen molar-refractivity contribution in [2.24, 2.45) is 19.2 Å². The van der Waals surface area contributed by atoms with Crippen LogP contribution in [-0.4, -0.2) is 43.4 Å². The Morgan fingerprint density at radius 3 is 2.72 bits per heavy atom. The average Bonchev–Trinajstić information content (AvgIpc) is 3.29. The Balaban J connectivity index is 1.73. The summed E-state index contributed by atoms with van der Waals surface area (Å²) in [6, 6.07) is 3.55. The highest BCUT2D eigenvalue weighted by atomic mass is 79.9. The van der Waals surface area contributed by atoms with Crippen LogP contribution in [-0.2, 0) is 20.6 Å². The first-order valence-electron chi connectivity index (χ1n) is 8.57. The van der Waals surface area contributed by atoms with Crippen LogP contribution >= 0.6 is 15.9 Å². The van der Waals surface area contributed by atoms with Gasteiger partial charge >= 0.3 is 5.69 Å². The van der Waals surface area contributed by atoms with Crippen molar-refractivity contribution in [3.8, 4) is 11.5 Å². The van der Waals surface area contributed by atoms with Crippen molar-refractivity contribution >= 4 is 39.3 Å². The van der Waals surface area contributed by atoms with Crippen molar-refractivity contribution in [2.75, 3.05) is 18.8 Å². The van der Waals surface area contributed by atoms with Crippen molar-refractivity contribution in [3.63, 3.8) is 0 Å². The fourth-order valence-electron chi connectivity index (χ4n) is 3.04. The van der Waals surface area contributed by atoms with E-state index in [1.165, 1.54) is 23.2 Å². The molecule has 0 amide bonds. The lowest BCUT2D eigenvalue weighted by molar-refractivity contribution is 0.174. The molecule has 0 saturated heterocycles. The highest BCUT2D eigenvalue weighted by Gasteiger charge is 2.19. The minimum Gasteiger partial charge on any atom is -0.454 e. The molecule has 2 aromatic heterocycles. The molecule has 1 aliphatic heterocycles. The quantitative estimate of drug-likeness (QED) is 0.412. The number of nitrogens with zero attached hydrogens (tertiary/aromatic N) is 5. The molecule has 0 spiro atoms. The van der Waals surface area contributed by atoms with Crippen molar-refractivity contribution in [1.29, 1.82) is 0 Å². The third-order valence-electron chi connectivity index (χ3n) is 4.53. The van der Waals surface area contributed by atoms with Gasteiger partial charge in [0.2, 0.25) is 12.7 Å². The van der Waals surface area contributed by atoms with E-state index in [9.17, 15) is 14.7 Å². The highest BCUT2D eigenvalue weighted by Crippen LogP contribution is 2.36. The normalized spacial score (nSPS) is 13.0. The number of aliphatic hydroxyl groups is 1. The number of hydrogen-bond acceptors (Lipinski definition) is 8. The van der Waals surface area contributed by atoms with Gasteiger partial charge < -0.3 is 19.1 Å². The molecular formula is C17H17BrN6O5. The minimum absolute atomic E-state index is 0.107. The van der Waals surface area contributed by atoms with Crippen LogP contribution in [0, 0.1) is 0 Å². The standard InChI is InChI=1S/C17H17BrN6O5/c1-22-14-13(15(26)23(2)17(22)27)24(3-4-25)16(20-14)21-19-7-9-5-11-12(6-10(9)18)29-8-28-11/h5-7,25H,3-4,8H2,1-2H3,(H,20,21)/b19-7+. The van der Waals surface area contributed by atoms with E-state index in [1.54, 1.807) is 18.3 Å². The van der Waals surface area contributed by atoms with Gasteiger partial charge in [0.1, 0.15) is 0 Å². The van der Waals surface area contributed by atoms with Gasteiger partial charge in [-0.05, 0) is 28.1 Å². The molecule has 1 aliphatic rings. The Hall–Kier alpha value is -3.12. The van der Waals surface area contributed by atoms with Gasteiger partial charge in [-0.15, -0.1) is 0 Å². The van der Waals surface area contributed by atoms with E-state index >= 15 is 0 Å². The molecule has 0 aliphatic carbocycles. The third-order valence-corrected chi connectivity index (χ3v) is 5.22. The molecule has 1 aromatic carbocycles. The summed E-state index contributed by atoms with van der Waals surface area (Å²) in [5, 5.41) is 13.6. The second-order valence-corrected chi connectivity index (χ2v) is 7.14. The Labute approximate surface area is 171 Å². The topological polar surface area (TPSA) is 125 Å². The Morgan fingerprint density at radius 1 is 1.28 bits per heavy atom. The SMILES string of the molecule is Cn1c(=O)c2c(nc(N/N=C/c3cc4c(cc3Br)OCO4)n2CCO)n(C)c1=O. The largest absolute Gasteiger partial charge is 0.454 e. The lowest BCUT2D eigenvalue weighted by Gasteiger charge is -2.07. The van der Waals surface area contributed by atoms with E-state index in [2.05, 4.69) is 31.4 Å². The zero-order chi connectivity index (χ0) is 20.7. The van der Waals surface area contributed by atoms with Crippen LogP contribution in [0.2, 0.25) is 0 Å². The number of anilines is 1. The van der Waals surface area contributed by atoms with Crippen molar-refractivity contribution in [1.82, 2.24) is 18.7 Å². The first kappa shape index (κ1) is 19.2. The first-order chi connectivity index (χ1) is 13.9. The second-order valence-electron chi connectivity index (χ2n) is 6.29. The van der Waals surface area contributed by atoms with Crippen LogP contribution in [0.25, 0.3) is 11.2 Å². The molecule has 3 heterocycles. The smallest absolute Gasteiger partial charge is 0.332 e. The van der Waals surface area contributed by atoms with Crippen LogP contribution in [0.4, 0.5) is 5.95 Å². The first-order valence-corrected chi connectivity index (χ1v) is 9.37. The third kappa shape index (κ3) is 3.19. The summed E-state index contributed by atoms with van der Waals surface area (Å²) in [6.07, 6.45) is 1.55. The molecule has 152 valence electrons. The minimum atomic E-state index is -0.500. The summed E-state index contributed by atoms with van der Waals surface area (Å²) in [6.45, 7) is 0.0541. The van der Waals surface area contributed by atoms with Crippen LogP contribution < -0.4 is 26.1 Å². The van der Waals surface area contributed by atoms with Crippen molar-refractivity contribution < 1.29 is 14.6 Å². The lowest BCUT2D eigenvalue weighted by atomic mass is 10.2. The fraction of sp³-hybridized carbons (Fsp3) is 0.294. The average molecular weight is 465 g/mol. The Bertz CT molecular complexity index is 1260. The summed E-state index contributed by atoms with van der Waals surface area (Å²) in [7, 11) is 2.92. The molecular weight excluding hydrogens is 448 g/mol. The van der Waals surface area contributed by atoms with Crippen LogP contribution in [0.3, 0.4) is 0 Å². The lowest BCUT2D eigenvalue weighted by Crippen LogP contribution is -2.37. The van der Waals surface area contributed by atoms with Gasteiger partial charge in [0.05, 0.1) is 12.8 Å². The van der Waals surface area contributed by atoms with Gasteiger partial charge in [0.15, 0.2) is 22.7 Å². The molecule has 0 atom stereocenters. The molecule has 0 bridgehead atoms. The zero-order valence-electron chi connectivity index (χ0n) is 15.5. The number of nitrogens with one attached hydrogen (secondary N) is 1. The summed E-state index contributed by atoms with van der Waals surface area (Å²) in [5.41, 5.74) is 2.92. The van der Waals surface area contributed by atoms with Gasteiger partial charge in [0.25, 0.3) is 5.56 Å². The number of benzene rings is 1. The Morgan fingerprint density at radius 2 is 2.00 bits per heavy atom.